The fourth-order valence-electron chi connectivity index (χ4n) is 2.61. The van der Waals surface area contributed by atoms with Crippen molar-refractivity contribution in [1.82, 2.24) is 4.90 Å². The van der Waals surface area contributed by atoms with E-state index in [1.165, 1.54) is 19.2 Å². The molecule has 0 aromatic heterocycles. The molecule has 1 aromatic carbocycles. The largest absolute Gasteiger partial charge is 0.489 e. The summed E-state index contributed by atoms with van der Waals surface area (Å²) in [6.45, 7) is 3.51. The Morgan fingerprint density at radius 3 is 2.64 bits per heavy atom. The normalized spacial score (nSPS) is 14.9. The lowest BCUT2D eigenvalue weighted by Crippen LogP contribution is -2.42. The monoisotopic (exact) mass is 353 g/mol. The van der Waals surface area contributed by atoms with Gasteiger partial charge in [0, 0.05) is 25.9 Å². The fourth-order valence-corrected chi connectivity index (χ4v) is 2.61. The van der Waals surface area contributed by atoms with Gasteiger partial charge in [0.25, 0.3) is 0 Å². The molecule has 1 heterocycles. The predicted molar refractivity (Wildman–Crippen MR) is 89.2 cm³/mol. The molecule has 1 aliphatic rings. The molecule has 6 nitrogen and oxygen atoms in total. The van der Waals surface area contributed by atoms with Gasteiger partial charge in [0.15, 0.2) is 0 Å². The minimum absolute atomic E-state index is 0.0592. The van der Waals surface area contributed by atoms with Crippen molar-refractivity contribution in [1.29, 1.82) is 0 Å². The molecule has 1 fully saturated rings. The van der Waals surface area contributed by atoms with Crippen LogP contribution in [0.2, 0.25) is 0 Å². The van der Waals surface area contributed by atoms with Crippen LogP contribution in [0, 0.1) is 5.82 Å². The van der Waals surface area contributed by atoms with E-state index < -0.39 is 11.8 Å². The van der Waals surface area contributed by atoms with Crippen LogP contribution in [0.4, 0.5) is 9.18 Å². The Morgan fingerprint density at radius 1 is 1.28 bits per heavy atom. The van der Waals surface area contributed by atoms with E-state index in [2.05, 4.69) is 4.74 Å². The van der Waals surface area contributed by atoms with Gasteiger partial charge in [-0.1, -0.05) is 13.3 Å². The van der Waals surface area contributed by atoms with Crippen molar-refractivity contribution in [3.63, 3.8) is 0 Å². The fraction of sp³-hybridized carbons (Fsp3) is 0.556. The van der Waals surface area contributed by atoms with E-state index in [0.717, 1.165) is 18.9 Å². The van der Waals surface area contributed by atoms with Gasteiger partial charge in [-0.05, 0) is 24.6 Å². The quantitative estimate of drug-likeness (QED) is 0.579. The lowest BCUT2D eigenvalue weighted by molar-refractivity contribution is 0.0573. The van der Waals surface area contributed by atoms with E-state index in [4.69, 9.17) is 9.47 Å². The van der Waals surface area contributed by atoms with E-state index in [1.807, 2.05) is 6.92 Å². The molecule has 0 N–H and O–H groups in total. The summed E-state index contributed by atoms with van der Waals surface area (Å²) in [6, 6.07) is 3.76. The van der Waals surface area contributed by atoms with Crippen LogP contribution in [-0.2, 0) is 9.47 Å². The number of rotatable bonds is 6. The summed E-state index contributed by atoms with van der Waals surface area (Å²) < 4.78 is 29.1. The number of methoxy groups -OCH3 is 1. The highest BCUT2D eigenvalue weighted by Gasteiger charge is 2.26. The first-order valence-electron chi connectivity index (χ1n) is 8.51. The first-order valence-corrected chi connectivity index (χ1v) is 8.51. The number of amides is 1. The predicted octanol–water partition coefficient (Wildman–Crippen LogP) is 3.39. The van der Waals surface area contributed by atoms with Crippen molar-refractivity contribution in [3.05, 3.63) is 29.6 Å². The Bertz CT molecular complexity index is 599. The topological polar surface area (TPSA) is 65.1 Å². The number of carbonyl (C=O) groups excluding carboxylic acids is 2. The molecule has 0 unspecified atom stereocenters. The minimum Gasteiger partial charge on any atom is -0.489 e. The summed E-state index contributed by atoms with van der Waals surface area (Å²) in [4.78, 5) is 25.3. The summed E-state index contributed by atoms with van der Waals surface area (Å²) in [5.74, 6) is -0.888. The second-order valence-electron chi connectivity index (χ2n) is 5.90. The Kier molecular flexibility index (Phi) is 7.03. The average molecular weight is 353 g/mol. The lowest BCUT2D eigenvalue weighted by atomic mass is 10.1. The van der Waals surface area contributed by atoms with Gasteiger partial charge in [-0.3, -0.25) is 0 Å². The van der Waals surface area contributed by atoms with Crippen LogP contribution < -0.4 is 4.74 Å². The van der Waals surface area contributed by atoms with Gasteiger partial charge < -0.3 is 19.1 Å². The molecule has 138 valence electrons. The van der Waals surface area contributed by atoms with E-state index in [9.17, 15) is 14.0 Å². The Labute approximate surface area is 146 Å². The zero-order valence-electron chi connectivity index (χ0n) is 14.6. The molecule has 2 rings (SSSR count). The van der Waals surface area contributed by atoms with Crippen molar-refractivity contribution < 1.29 is 28.2 Å². The number of likely N-dealkylation sites (tertiary alicyclic amines) is 1. The van der Waals surface area contributed by atoms with E-state index >= 15 is 0 Å². The van der Waals surface area contributed by atoms with Crippen LogP contribution in [0.1, 0.15) is 43.0 Å². The number of nitrogens with zero attached hydrogens (tertiary/aromatic N) is 1. The van der Waals surface area contributed by atoms with E-state index in [0.29, 0.717) is 32.5 Å². The smallest absolute Gasteiger partial charge is 0.409 e. The molecule has 1 saturated heterocycles. The third kappa shape index (κ3) is 5.34. The minimum atomic E-state index is -0.647. The zero-order valence-corrected chi connectivity index (χ0v) is 14.6. The van der Waals surface area contributed by atoms with Gasteiger partial charge in [0.1, 0.15) is 23.2 Å². The van der Waals surface area contributed by atoms with Gasteiger partial charge in [0.2, 0.25) is 0 Å². The molecule has 0 saturated carbocycles. The summed E-state index contributed by atoms with van der Waals surface area (Å²) in [6.07, 6.45) is 2.59. The van der Waals surface area contributed by atoms with Crippen LogP contribution in [-0.4, -0.2) is 49.9 Å². The van der Waals surface area contributed by atoms with Gasteiger partial charge in [-0.25, -0.2) is 14.0 Å². The maximum Gasteiger partial charge on any atom is 0.409 e. The molecule has 1 aromatic rings. The summed E-state index contributed by atoms with van der Waals surface area (Å²) in [5.41, 5.74) is 0.0592. The number of halogens is 1. The number of esters is 1. The maximum absolute atomic E-state index is 13.4. The molecular formula is C18H24FNO5. The first kappa shape index (κ1) is 19.0. The summed E-state index contributed by atoms with van der Waals surface area (Å²) >= 11 is 0. The number of ether oxygens (including phenoxy) is 3. The highest BCUT2D eigenvalue weighted by atomic mass is 19.1. The van der Waals surface area contributed by atoms with Crippen molar-refractivity contribution in [3.8, 4) is 5.75 Å². The first-order chi connectivity index (χ1) is 12.0. The Hall–Kier alpha value is -2.31. The Balaban J connectivity index is 1.90. The average Bonchev–Trinajstić information content (AvgIpc) is 2.63. The van der Waals surface area contributed by atoms with Gasteiger partial charge in [-0.15, -0.1) is 0 Å². The van der Waals surface area contributed by atoms with Crippen LogP contribution in [0.25, 0.3) is 0 Å². The molecule has 1 aliphatic heterocycles. The molecule has 0 atom stereocenters. The number of hydrogen-bond donors (Lipinski definition) is 0. The van der Waals surface area contributed by atoms with Crippen molar-refractivity contribution in [2.24, 2.45) is 0 Å². The van der Waals surface area contributed by atoms with Crippen LogP contribution in [0.3, 0.4) is 0 Å². The standard InChI is InChI=1S/C18H24FNO5/c1-3-4-11-24-18(22)20-9-7-14(8-10-20)25-16-6-5-13(19)12-15(16)17(21)23-2/h5-6,12,14H,3-4,7-11H2,1-2H3. The van der Waals surface area contributed by atoms with Crippen LogP contribution in [0.15, 0.2) is 18.2 Å². The highest BCUT2D eigenvalue weighted by Crippen LogP contribution is 2.25. The van der Waals surface area contributed by atoms with Crippen molar-refractivity contribution in [2.75, 3.05) is 26.8 Å². The van der Waals surface area contributed by atoms with E-state index in [-0.39, 0.29) is 23.5 Å². The number of carbonyl (C=O) groups is 2. The van der Waals surface area contributed by atoms with Gasteiger partial charge >= 0.3 is 12.1 Å². The van der Waals surface area contributed by atoms with E-state index in [1.54, 1.807) is 4.90 Å². The third-order valence-electron chi connectivity index (χ3n) is 4.06. The van der Waals surface area contributed by atoms with Crippen LogP contribution in [0.5, 0.6) is 5.75 Å². The number of benzene rings is 1. The third-order valence-corrected chi connectivity index (χ3v) is 4.06. The molecule has 0 radical (unpaired) electrons. The molecule has 1 amide bonds. The maximum atomic E-state index is 13.4. The molecular weight excluding hydrogens is 329 g/mol. The number of unbranched alkanes of at least 4 members (excludes halogenated alkanes) is 1. The SMILES string of the molecule is CCCCOC(=O)N1CCC(Oc2ccc(F)cc2C(=O)OC)CC1. The van der Waals surface area contributed by atoms with Gasteiger partial charge in [0.05, 0.1) is 13.7 Å². The number of piperidine rings is 1. The second kappa shape index (κ2) is 9.25. The molecule has 7 heteroatoms. The summed E-state index contributed by atoms with van der Waals surface area (Å²) in [5, 5.41) is 0. The van der Waals surface area contributed by atoms with Crippen molar-refractivity contribution >= 4 is 12.1 Å². The number of hydrogen-bond acceptors (Lipinski definition) is 5. The molecule has 0 bridgehead atoms. The highest BCUT2D eigenvalue weighted by molar-refractivity contribution is 5.92. The lowest BCUT2D eigenvalue weighted by Gasteiger charge is -2.31. The molecule has 0 aliphatic carbocycles. The molecule has 25 heavy (non-hydrogen) atoms. The zero-order chi connectivity index (χ0) is 18.2. The van der Waals surface area contributed by atoms with Gasteiger partial charge in [-0.2, -0.15) is 0 Å². The van der Waals surface area contributed by atoms with Crippen molar-refractivity contribution in [2.45, 2.75) is 38.7 Å². The van der Waals surface area contributed by atoms with Crippen LogP contribution >= 0.6 is 0 Å². The Morgan fingerprint density at radius 2 is 2.00 bits per heavy atom. The molecule has 0 spiro atoms. The summed E-state index contributed by atoms with van der Waals surface area (Å²) in [7, 11) is 1.24. The second-order valence-corrected chi connectivity index (χ2v) is 5.90.